The lowest BCUT2D eigenvalue weighted by atomic mass is 10.1. The van der Waals surface area contributed by atoms with Crippen LogP contribution in [0.3, 0.4) is 0 Å². The maximum absolute atomic E-state index is 12.3. The molecule has 2 N–H and O–H groups in total. The van der Waals surface area contributed by atoms with Crippen LogP contribution in [0.2, 0.25) is 0 Å². The van der Waals surface area contributed by atoms with Crippen molar-refractivity contribution in [2.24, 2.45) is 0 Å². The number of carbonyl (C=O) groups excluding carboxylic acids is 1. The summed E-state index contributed by atoms with van der Waals surface area (Å²) in [6.45, 7) is 4.89. The Labute approximate surface area is 154 Å². The van der Waals surface area contributed by atoms with Crippen LogP contribution in [-0.2, 0) is 6.42 Å². The van der Waals surface area contributed by atoms with Gasteiger partial charge in [-0.15, -0.1) is 0 Å². The molecular weight excluding hydrogens is 322 g/mol. The van der Waals surface area contributed by atoms with Gasteiger partial charge in [-0.2, -0.15) is 0 Å². The van der Waals surface area contributed by atoms with Crippen molar-refractivity contribution < 1.29 is 4.79 Å². The first-order valence-corrected chi connectivity index (χ1v) is 8.74. The molecule has 0 saturated heterocycles. The normalized spacial score (nSPS) is 10.4. The van der Waals surface area contributed by atoms with E-state index in [2.05, 4.69) is 27.8 Å². The van der Waals surface area contributed by atoms with Crippen LogP contribution < -0.4 is 10.6 Å². The van der Waals surface area contributed by atoms with Crippen molar-refractivity contribution in [2.75, 3.05) is 17.2 Å². The van der Waals surface area contributed by atoms with Gasteiger partial charge in [0.15, 0.2) is 0 Å². The average Bonchev–Trinajstić information content (AvgIpc) is 2.66. The quantitative estimate of drug-likeness (QED) is 0.686. The fraction of sp³-hybridized carbons (Fsp3) is 0.182. The molecule has 0 aliphatic carbocycles. The SMILES string of the molecule is Cc1ccc(NC(=O)c2ccc(NCCc3ccccc3)cn2)cc1C. The van der Waals surface area contributed by atoms with E-state index in [4.69, 9.17) is 0 Å². The molecule has 0 atom stereocenters. The summed E-state index contributed by atoms with van der Waals surface area (Å²) in [6.07, 6.45) is 2.64. The van der Waals surface area contributed by atoms with Crippen molar-refractivity contribution in [1.29, 1.82) is 0 Å². The van der Waals surface area contributed by atoms with Crippen molar-refractivity contribution in [3.05, 3.63) is 89.2 Å². The zero-order valence-electron chi connectivity index (χ0n) is 15.1. The highest BCUT2D eigenvalue weighted by Gasteiger charge is 2.08. The molecule has 0 aliphatic heterocycles. The molecule has 26 heavy (non-hydrogen) atoms. The Balaban J connectivity index is 1.54. The number of carbonyl (C=O) groups is 1. The molecule has 0 unspecified atom stereocenters. The topological polar surface area (TPSA) is 54.0 Å². The van der Waals surface area contributed by atoms with Gasteiger partial charge in [0.25, 0.3) is 5.91 Å². The molecule has 0 fully saturated rings. The molecule has 4 heteroatoms. The van der Waals surface area contributed by atoms with Gasteiger partial charge < -0.3 is 10.6 Å². The number of anilines is 2. The summed E-state index contributed by atoms with van der Waals surface area (Å²) >= 11 is 0. The van der Waals surface area contributed by atoms with Gasteiger partial charge in [-0.05, 0) is 61.2 Å². The second-order valence-electron chi connectivity index (χ2n) is 6.35. The van der Waals surface area contributed by atoms with Crippen LogP contribution >= 0.6 is 0 Å². The van der Waals surface area contributed by atoms with E-state index in [0.29, 0.717) is 5.69 Å². The van der Waals surface area contributed by atoms with Gasteiger partial charge in [0, 0.05) is 12.2 Å². The first-order valence-electron chi connectivity index (χ1n) is 8.74. The molecule has 0 saturated carbocycles. The largest absolute Gasteiger partial charge is 0.383 e. The minimum absolute atomic E-state index is 0.205. The van der Waals surface area contributed by atoms with E-state index in [-0.39, 0.29) is 5.91 Å². The number of benzene rings is 2. The van der Waals surface area contributed by atoms with Crippen LogP contribution in [0.15, 0.2) is 66.9 Å². The zero-order chi connectivity index (χ0) is 18.4. The lowest BCUT2D eigenvalue weighted by molar-refractivity contribution is 0.102. The summed E-state index contributed by atoms with van der Waals surface area (Å²) in [7, 11) is 0. The summed E-state index contributed by atoms with van der Waals surface area (Å²) in [5.74, 6) is -0.205. The minimum Gasteiger partial charge on any atom is -0.383 e. The third-order valence-corrected chi connectivity index (χ3v) is 4.35. The van der Waals surface area contributed by atoms with Crippen molar-refractivity contribution >= 4 is 17.3 Å². The predicted molar refractivity (Wildman–Crippen MR) is 107 cm³/mol. The van der Waals surface area contributed by atoms with Crippen molar-refractivity contribution in [3.8, 4) is 0 Å². The molecular formula is C22H23N3O. The number of aryl methyl sites for hydroxylation is 2. The number of amides is 1. The fourth-order valence-electron chi connectivity index (χ4n) is 2.64. The molecule has 1 aromatic heterocycles. The monoisotopic (exact) mass is 345 g/mol. The maximum atomic E-state index is 12.3. The maximum Gasteiger partial charge on any atom is 0.274 e. The van der Waals surface area contributed by atoms with Gasteiger partial charge in [0.05, 0.1) is 11.9 Å². The molecule has 3 aromatic rings. The summed E-state index contributed by atoms with van der Waals surface area (Å²) in [5.41, 5.74) is 5.73. The van der Waals surface area contributed by atoms with Gasteiger partial charge in [-0.25, -0.2) is 4.98 Å². The van der Waals surface area contributed by atoms with Crippen molar-refractivity contribution in [2.45, 2.75) is 20.3 Å². The van der Waals surface area contributed by atoms with E-state index < -0.39 is 0 Å². The van der Waals surface area contributed by atoms with E-state index in [0.717, 1.165) is 29.9 Å². The molecule has 3 rings (SSSR count). The van der Waals surface area contributed by atoms with Crippen LogP contribution in [0, 0.1) is 13.8 Å². The van der Waals surface area contributed by atoms with E-state index in [9.17, 15) is 4.79 Å². The molecule has 1 heterocycles. The van der Waals surface area contributed by atoms with E-state index in [1.165, 1.54) is 11.1 Å². The molecule has 0 spiro atoms. The van der Waals surface area contributed by atoms with Crippen LogP contribution in [0.25, 0.3) is 0 Å². The minimum atomic E-state index is -0.205. The highest BCUT2D eigenvalue weighted by Crippen LogP contribution is 2.15. The van der Waals surface area contributed by atoms with E-state index in [1.54, 1.807) is 12.3 Å². The molecule has 0 bridgehead atoms. The van der Waals surface area contributed by atoms with Crippen LogP contribution in [0.5, 0.6) is 0 Å². The molecule has 0 aliphatic rings. The fourth-order valence-corrected chi connectivity index (χ4v) is 2.64. The van der Waals surface area contributed by atoms with E-state index >= 15 is 0 Å². The Morgan fingerprint density at radius 3 is 2.38 bits per heavy atom. The molecule has 4 nitrogen and oxygen atoms in total. The smallest absolute Gasteiger partial charge is 0.274 e. The third-order valence-electron chi connectivity index (χ3n) is 4.35. The summed E-state index contributed by atoms with van der Waals surface area (Å²) in [5, 5.41) is 6.22. The Morgan fingerprint density at radius 2 is 1.69 bits per heavy atom. The highest BCUT2D eigenvalue weighted by molar-refractivity contribution is 6.03. The van der Waals surface area contributed by atoms with Crippen LogP contribution in [0.1, 0.15) is 27.2 Å². The summed E-state index contributed by atoms with van der Waals surface area (Å²) in [6, 6.07) is 19.8. The van der Waals surface area contributed by atoms with Crippen LogP contribution in [-0.4, -0.2) is 17.4 Å². The van der Waals surface area contributed by atoms with Crippen molar-refractivity contribution in [3.63, 3.8) is 0 Å². The van der Waals surface area contributed by atoms with Gasteiger partial charge >= 0.3 is 0 Å². The van der Waals surface area contributed by atoms with Gasteiger partial charge in [-0.3, -0.25) is 4.79 Å². The molecule has 132 valence electrons. The highest BCUT2D eigenvalue weighted by atomic mass is 16.1. The predicted octanol–water partition coefficient (Wildman–Crippen LogP) is 4.61. The van der Waals surface area contributed by atoms with Gasteiger partial charge in [0.1, 0.15) is 5.69 Å². The van der Waals surface area contributed by atoms with Gasteiger partial charge in [-0.1, -0.05) is 36.4 Å². The summed E-state index contributed by atoms with van der Waals surface area (Å²) < 4.78 is 0. The number of hydrogen-bond donors (Lipinski definition) is 2. The zero-order valence-corrected chi connectivity index (χ0v) is 15.1. The lowest BCUT2D eigenvalue weighted by Gasteiger charge is -2.09. The number of pyridine rings is 1. The van der Waals surface area contributed by atoms with Crippen molar-refractivity contribution in [1.82, 2.24) is 4.98 Å². The number of nitrogens with zero attached hydrogens (tertiary/aromatic N) is 1. The Morgan fingerprint density at radius 1 is 0.923 bits per heavy atom. The van der Waals surface area contributed by atoms with E-state index in [1.807, 2.05) is 56.3 Å². The summed E-state index contributed by atoms with van der Waals surface area (Å²) in [4.78, 5) is 16.6. The molecule has 2 aromatic carbocycles. The Bertz CT molecular complexity index is 874. The number of rotatable bonds is 6. The third kappa shape index (κ3) is 4.70. The second kappa shape index (κ2) is 8.30. The molecule has 1 amide bonds. The number of aromatic nitrogens is 1. The molecule has 0 radical (unpaired) electrons. The average molecular weight is 345 g/mol. The Kier molecular flexibility index (Phi) is 5.64. The van der Waals surface area contributed by atoms with Gasteiger partial charge in [0.2, 0.25) is 0 Å². The number of nitrogens with one attached hydrogen (secondary N) is 2. The second-order valence-corrected chi connectivity index (χ2v) is 6.35. The lowest BCUT2D eigenvalue weighted by Crippen LogP contribution is -2.14. The first-order chi connectivity index (χ1) is 12.6. The first kappa shape index (κ1) is 17.7. The Hall–Kier alpha value is -3.14. The standard InChI is InChI=1S/C22H23N3O/c1-16-8-9-19(14-17(16)2)25-22(26)21-11-10-20(15-24-21)23-13-12-18-6-4-3-5-7-18/h3-11,14-15,23H,12-13H2,1-2H3,(H,25,26). The van der Waals surface area contributed by atoms with Crippen LogP contribution in [0.4, 0.5) is 11.4 Å². The number of hydrogen-bond acceptors (Lipinski definition) is 3.